The number of nitrogens with zero attached hydrogens (tertiary/aromatic N) is 1. The fourth-order valence-corrected chi connectivity index (χ4v) is 1.71. The Kier molecular flexibility index (Phi) is 4.20. The second kappa shape index (κ2) is 6.06. The number of aliphatic carboxylic acids is 1. The Hall–Kier alpha value is -2.56. The Balaban J connectivity index is 1.99. The molecule has 0 amide bonds. The number of carboxylic acids is 1. The van der Waals surface area contributed by atoms with Gasteiger partial charge in [0.1, 0.15) is 18.1 Å². The molecule has 0 fully saturated rings. The van der Waals surface area contributed by atoms with Crippen LogP contribution in [0.2, 0.25) is 0 Å². The van der Waals surface area contributed by atoms with Gasteiger partial charge in [0.25, 0.3) is 0 Å². The minimum absolute atomic E-state index is 0.394. The molecule has 0 aliphatic heterocycles. The Labute approximate surface area is 116 Å². The van der Waals surface area contributed by atoms with Crippen LogP contribution in [0.25, 0.3) is 6.08 Å². The van der Waals surface area contributed by atoms with Crippen molar-refractivity contribution in [3.8, 4) is 5.75 Å². The van der Waals surface area contributed by atoms with Crippen molar-refractivity contribution in [2.24, 2.45) is 0 Å². The fraction of sp³-hybridized carbons (Fsp3) is 0.200. The lowest BCUT2D eigenvalue weighted by Gasteiger charge is -2.05. The van der Waals surface area contributed by atoms with Gasteiger partial charge >= 0.3 is 5.97 Å². The summed E-state index contributed by atoms with van der Waals surface area (Å²) < 4.78 is 10.7. The van der Waals surface area contributed by atoms with Crippen LogP contribution in [0.1, 0.15) is 22.6 Å². The van der Waals surface area contributed by atoms with Crippen LogP contribution in [0.5, 0.6) is 5.75 Å². The van der Waals surface area contributed by atoms with Crippen LogP contribution >= 0.6 is 0 Å². The number of aryl methyl sites for hydroxylation is 2. The van der Waals surface area contributed by atoms with E-state index in [0.717, 1.165) is 28.7 Å². The summed E-state index contributed by atoms with van der Waals surface area (Å²) in [5, 5.41) is 12.4. The molecule has 1 heterocycles. The topological polar surface area (TPSA) is 72.6 Å². The normalized spacial score (nSPS) is 10.9. The first kappa shape index (κ1) is 13.9. The summed E-state index contributed by atoms with van der Waals surface area (Å²) in [5.74, 6) is 0.490. The third kappa shape index (κ3) is 3.47. The van der Waals surface area contributed by atoms with Crippen molar-refractivity contribution in [1.29, 1.82) is 0 Å². The minimum atomic E-state index is -0.969. The van der Waals surface area contributed by atoms with Crippen molar-refractivity contribution in [3.63, 3.8) is 0 Å². The maximum absolute atomic E-state index is 10.4. The Morgan fingerprint density at radius 2 is 2.05 bits per heavy atom. The number of ether oxygens (including phenoxy) is 1. The number of aromatic nitrogens is 1. The van der Waals surface area contributed by atoms with Gasteiger partial charge in [-0.2, -0.15) is 0 Å². The molecule has 2 rings (SSSR count). The van der Waals surface area contributed by atoms with Crippen LogP contribution in [-0.2, 0) is 11.4 Å². The zero-order valence-corrected chi connectivity index (χ0v) is 11.3. The highest BCUT2D eigenvalue weighted by atomic mass is 16.5. The first-order valence-corrected chi connectivity index (χ1v) is 6.12. The molecule has 0 aliphatic rings. The van der Waals surface area contributed by atoms with Crippen molar-refractivity contribution in [1.82, 2.24) is 5.16 Å². The largest absolute Gasteiger partial charge is 0.489 e. The van der Waals surface area contributed by atoms with Crippen LogP contribution in [0, 0.1) is 13.8 Å². The van der Waals surface area contributed by atoms with E-state index in [-0.39, 0.29) is 0 Å². The number of hydrogen-bond acceptors (Lipinski definition) is 4. The van der Waals surface area contributed by atoms with E-state index < -0.39 is 5.97 Å². The second-order valence-electron chi connectivity index (χ2n) is 4.33. The van der Waals surface area contributed by atoms with Gasteiger partial charge in [-0.25, -0.2) is 4.79 Å². The molecule has 104 valence electrons. The van der Waals surface area contributed by atoms with Gasteiger partial charge < -0.3 is 14.4 Å². The van der Waals surface area contributed by atoms with E-state index in [1.165, 1.54) is 6.08 Å². The molecule has 5 nitrogen and oxygen atoms in total. The number of hydrogen-bond donors (Lipinski definition) is 1. The minimum Gasteiger partial charge on any atom is -0.489 e. The third-order valence-corrected chi connectivity index (χ3v) is 2.86. The van der Waals surface area contributed by atoms with Crippen molar-refractivity contribution >= 4 is 12.0 Å². The van der Waals surface area contributed by atoms with E-state index in [0.29, 0.717) is 12.4 Å². The molecule has 0 saturated carbocycles. The van der Waals surface area contributed by atoms with Crippen LogP contribution < -0.4 is 4.74 Å². The summed E-state index contributed by atoms with van der Waals surface area (Å²) in [7, 11) is 0. The van der Waals surface area contributed by atoms with Crippen molar-refractivity contribution in [2.75, 3.05) is 0 Å². The zero-order chi connectivity index (χ0) is 14.5. The molecule has 1 aromatic heterocycles. The average Bonchev–Trinajstić information content (AvgIpc) is 2.75. The first-order chi connectivity index (χ1) is 9.56. The van der Waals surface area contributed by atoms with Crippen molar-refractivity contribution in [2.45, 2.75) is 20.5 Å². The molecule has 0 bridgehead atoms. The number of carbonyl (C=O) groups is 1. The quantitative estimate of drug-likeness (QED) is 0.848. The van der Waals surface area contributed by atoms with E-state index in [1.807, 2.05) is 13.8 Å². The SMILES string of the molecule is Cc1noc(C)c1COc1ccc(C=CC(=O)O)cc1. The van der Waals surface area contributed by atoms with Crippen LogP contribution in [0.4, 0.5) is 0 Å². The summed E-state index contributed by atoms with van der Waals surface area (Å²) in [6.45, 7) is 4.11. The molecule has 0 unspecified atom stereocenters. The van der Waals surface area contributed by atoms with E-state index in [4.69, 9.17) is 14.4 Å². The summed E-state index contributed by atoms with van der Waals surface area (Å²) in [6, 6.07) is 7.17. The van der Waals surface area contributed by atoms with Crippen molar-refractivity contribution in [3.05, 3.63) is 52.9 Å². The highest BCUT2D eigenvalue weighted by Crippen LogP contribution is 2.18. The monoisotopic (exact) mass is 273 g/mol. The van der Waals surface area contributed by atoms with Gasteiger partial charge in [0.05, 0.1) is 11.3 Å². The van der Waals surface area contributed by atoms with Crippen LogP contribution in [0.3, 0.4) is 0 Å². The Bertz CT molecular complexity index is 606. The molecule has 0 atom stereocenters. The number of rotatable bonds is 5. The highest BCUT2D eigenvalue weighted by Gasteiger charge is 2.09. The lowest BCUT2D eigenvalue weighted by Crippen LogP contribution is -1.97. The van der Waals surface area contributed by atoms with Crippen molar-refractivity contribution < 1.29 is 19.2 Å². The molecular formula is C15H15NO4. The highest BCUT2D eigenvalue weighted by molar-refractivity contribution is 5.85. The van der Waals surface area contributed by atoms with E-state index in [2.05, 4.69) is 5.16 Å². The van der Waals surface area contributed by atoms with Gasteiger partial charge in [0, 0.05) is 6.08 Å². The van der Waals surface area contributed by atoms with E-state index >= 15 is 0 Å². The summed E-state index contributed by atoms with van der Waals surface area (Å²) in [4.78, 5) is 10.4. The maximum Gasteiger partial charge on any atom is 0.328 e. The standard InChI is InChI=1S/C15H15NO4/c1-10-14(11(2)20-16-10)9-19-13-6-3-12(4-7-13)5-8-15(17)18/h3-8H,9H2,1-2H3,(H,17,18). The van der Waals surface area contributed by atoms with Gasteiger partial charge in [0.2, 0.25) is 0 Å². The maximum atomic E-state index is 10.4. The lowest BCUT2D eigenvalue weighted by atomic mass is 10.2. The summed E-state index contributed by atoms with van der Waals surface area (Å²) >= 11 is 0. The van der Waals surface area contributed by atoms with Gasteiger partial charge in [-0.05, 0) is 37.6 Å². The molecule has 1 aromatic carbocycles. The molecule has 5 heteroatoms. The first-order valence-electron chi connectivity index (χ1n) is 6.12. The number of carboxylic acid groups (broad SMARTS) is 1. The van der Waals surface area contributed by atoms with Gasteiger partial charge in [-0.3, -0.25) is 0 Å². The molecule has 2 aromatic rings. The molecule has 1 N–H and O–H groups in total. The number of benzene rings is 1. The summed E-state index contributed by atoms with van der Waals surface area (Å²) in [6.07, 6.45) is 2.63. The van der Waals surface area contributed by atoms with Crippen LogP contribution in [-0.4, -0.2) is 16.2 Å². The second-order valence-corrected chi connectivity index (χ2v) is 4.33. The average molecular weight is 273 g/mol. The lowest BCUT2D eigenvalue weighted by molar-refractivity contribution is -0.131. The van der Waals surface area contributed by atoms with E-state index in [9.17, 15) is 4.79 Å². The van der Waals surface area contributed by atoms with Gasteiger partial charge in [-0.15, -0.1) is 0 Å². The molecule has 0 saturated heterocycles. The van der Waals surface area contributed by atoms with Crippen LogP contribution in [0.15, 0.2) is 34.9 Å². The Morgan fingerprint density at radius 3 is 2.60 bits per heavy atom. The predicted octanol–water partition coefficient (Wildman–Crippen LogP) is 2.97. The third-order valence-electron chi connectivity index (χ3n) is 2.86. The van der Waals surface area contributed by atoms with E-state index in [1.54, 1.807) is 24.3 Å². The molecule has 0 radical (unpaired) electrons. The zero-order valence-electron chi connectivity index (χ0n) is 11.3. The molecule has 0 aliphatic carbocycles. The van der Waals surface area contributed by atoms with Gasteiger partial charge in [-0.1, -0.05) is 17.3 Å². The predicted molar refractivity (Wildman–Crippen MR) is 73.4 cm³/mol. The molecule has 0 spiro atoms. The molecule has 20 heavy (non-hydrogen) atoms. The van der Waals surface area contributed by atoms with Gasteiger partial charge in [0.15, 0.2) is 0 Å². The Morgan fingerprint density at radius 1 is 1.35 bits per heavy atom. The summed E-state index contributed by atoms with van der Waals surface area (Å²) in [5.41, 5.74) is 2.57. The molecular weight excluding hydrogens is 258 g/mol. The smallest absolute Gasteiger partial charge is 0.328 e. The fourth-order valence-electron chi connectivity index (χ4n) is 1.71.